The molecule has 0 aliphatic rings. The zero-order valence-corrected chi connectivity index (χ0v) is 14.7. The van der Waals surface area contributed by atoms with Crippen LogP contribution in [0.1, 0.15) is 40.5 Å². The molecule has 110 valence electrons. The quantitative estimate of drug-likeness (QED) is 0.574. The number of methoxy groups -OCH3 is 1. The second kappa shape index (κ2) is 8.34. The van der Waals surface area contributed by atoms with E-state index in [1.807, 2.05) is 7.11 Å². The Hall–Kier alpha value is 0.137. The number of hydrogen-bond acceptors (Lipinski definition) is 2. The summed E-state index contributed by atoms with van der Waals surface area (Å²) in [7, 11) is 0.417. The van der Waals surface area contributed by atoms with Gasteiger partial charge in [0.2, 0.25) is 0 Å². The molecular formula is C15H34O2Si. The highest BCUT2D eigenvalue weighted by Gasteiger charge is 2.26. The van der Waals surface area contributed by atoms with Gasteiger partial charge in [0.15, 0.2) is 8.32 Å². The number of hydrogen-bond donors (Lipinski definition) is 0. The lowest BCUT2D eigenvalue weighted by Crippen LogP contribution is -2.35. The van der Waals surface area contributed by atoms with Crippen LogP contribution in [-0.2, 0) is 9.16 Å². The van der Waals surface area contributed by atoms with Gasteiger partial charge in [0, 0.05) is 19.6 Å². The highest BCUT2D eigenvalue weighted by atomic mass is 28.4. The summed E-state index contributed by atoms with van der Waals surface area (Å²) >= 11 is 0. The second-order valence-electron chi connectivity index (χ2n) is 7.22. The van der Waals surface area contributed by atoms with Crippen LogP contribution in [0.15, 0.2) is 0 Å². The van der Waals surface area contributed by atoms with Crippen molar-refractivity contribution in [3.63, 3.8) is 0 Å². The molecule has 0 amide bonds. The topological polar surface area (TPSA) is 18.5 Å². The van der Waals surface area contributed by atoms with E-state index in [0.717, 1.165) is 13.0 Å². The SMILES string of the molecule is COC(CC(C)C)C(CO[Si](C)(C)C)CC(C)C. The molecule has 0 bridgehead atoms. The van der Waals surface area contributed by atoms with Crippen molar-refractivity contribution in [1.29, 1.82) is 0 Å². The summed E-state index contributed by atoms with van der Waals surface area (Å²) in [5.41, 5.74) is 0. The van der Waals surface area contributed by atoms with Crippen molar-refractivity contribution in [2.24, 2.45) is 17.8 Å². The predicted octanol–water partition coefficient (Wildman–Crippen LogP) is 4.56. The Morgan fingerprint density at radius 1 is 0.889 bits per heavy atom. The largest absolute Gasteiger partial charge is 0.417 e. The lowest BCUT2D eigenvalue weighted by molar-refractivity contribution is 0.00808. The van der Waals surface area contributed by atoms with Crippen molar-refractivity contribution in [3.8, 4) is 0 Å². The first-order valence-corrected chi connectivity index (χ1v) is 10.7. The van der Waals surface area contributed by atoms with E-state index in [2.05, 4.69) is 47.3 Å². The molecule has 0 heterocycles. The van der Waals surface area contributed by atoms with Crippen molar-refractivity contribution in [1.82, 2.24) is 0 Å². The highest BCUT2D eigenvalue weighted by molar-refractivity contribution is 6.69. The fourth-order valence-corrected chi connectivity index (χ4v) is 2.95. The molecular weight excluding hydrogens is 240 g/mol. The molecule has 0 saturated carbocycles. The normalized spacial score (nSPS) is 16.3. The van der Waals surface area contributed by atoms with Gasteiger partial charge in [-0.15, -0.1) is 0 Å². The molecule has 0 saturated heterocycles. The molecule has 0 N–H and O–H groups in total. The third kappa shape index (κ3) is 9.12. The van der Waals surface area contributed by atoms with Crippen molar-refractivity contribution in [2.45, 2.75) is 66.3 Å². The van der Waals surface area contributed by atoms with E-state index >= 15 is 0 Å². The fourth-order valence-electron chi connectivity index (χ4n) is 2.24. The van der Waals surface area contributed by atoms with Crippen LogP contribution < -0.4 is 0 Å². The van der Waals surface area contributed by atoms with Crippen LogP contribution in [0, 0.1) is 17.8 Å². The Morgan fingerprint density at radius 2 is 1.39 bits per heavy atom. The molecule has 3 heteroatoms. The molecule has 2 atom stereocenters. The Balaban J connectivity index is 4.52. The zero-order chi connectivity index (χ0) is 14.3. The van der Waals surface area contributed by atoms with E-state index in [-0.39, 0.29) is 0 Å². The summed E-state index contributed by atoms with van der Waals surface area (Å²) in [4.78, 5) is 0. The molecule has 0 radical (unpaired) electrons. The van der Waals surface area contributed by atoms with Crippen LogP contribution in [0.5, 0.6) is 0 Å². The summed E-state index contributed by atoms with van der Waals surface area (Å²) in [6, 6.07) is 0. The minimum atomic E-state index is -1.43. The van der Waals surface area contributed by atoms with Crippen LogP contribution in [-0.4, -0.2) is 28.1 Å². The van der Waals surface area contributed by atoms with Crippen molar-refractivity contribution < 1.29 is 9.16 Å². The lowest BCUT2D eigenvalue weighted by Gasteiger charge is -2.31. The first kappa shape index (κ1) is 18.1. The van der Waals surface area contributed by atoms with Gasteiger partial charge in [-0.1, -0.05) is 27.7 Å². The molecule has 2 nitrogen and oxygen atoms in total. The molecule has 0 aromatic heterocycles. The van der Waals surface area contributed by atoms with E-state index in [9.17, 15) is 0 Å². The summed E-state index contributed by atoms with van der Waals surface area (Å²) in [5, 5.41) is 0. The Bertz CT molecular complexity index is 209. The molecule has 18 heavy (non-hydrogen) atoms. The average Bonchev–Trinajstić information content (AvgIpc) is 2.19. The Kier molecular flexibility index (Phi) is 8.40. The summed E-state index contributed by atoms with van der Waals surface area (Å²) < 4.78 is 11.8. The minimum absolute atomic E-state index is 0.337. The summed E-state index contributed by atoms with van der Waals surface area (Å²) in [5.74, 6) is 1.91. The van der Waals surface area contributed by atoms with Gasteiger partial charge in [0.05, 0.1) is 6.10 Å². The van der Waals surface area contributed by atoms with Gasteiger partial charge >= 0.3 is 0 Å². The molecule has 0 aromatic rings. The van der Waals surface area contributed by atoms with E-state index in [4.69, 9.17) is 9.16 Å². The maximum Gasteiger partial charge on any atom is 0.183 e. The first-order valence-electron chi connectivity index (χ1n) is 7.32. The summed E-state index contributed by atoms with van der Waals surface area (Å²) in [6.45, 7) is 16.7. The second-order valence-corrected chi connectivity index (χ2v) is 11.7. The lowest BCUT2D eigenvalue weighted by atomic mass is 9.88. The smallest absolute Gasteiger partial charge is 0.183 e. The van der Waals surface area contributed by atoms with Crippen molar-refractivity contribution >= 4 is 8.32 Å². The van der Waals surface area contributed by atoms with Crippen LogP contribution in [0.25, 0.3) is 0 Å². The third-order valence-electron chi connectivity index (χ3n) is 3.04. The fraction of sp³-hybridized carbons (Fsp3) is 1.00. The Morgan fingerprint density at radius 3 is 1.72 bits per heavy atom. The minimum Gasteiger partial charge on any atom is -0.417 e. The monoisotopic (exact) mass is 274 g/mol. The first-order chi connectivity index (χ1) is 8.15. The maximum atomic E-state index is 6.12. The highest BCUT2D eigenvalue weighted by Crippen LogP contribution is 2.24. The standard InChI is InChI=1S/C15H34O2Si/c1-12(2)9-14(11-17-18(6,7)8)15(16-5)10-13(3)4/h12-15H,9-11H2,1-8H3. The van der Waals surface area contributed by atoms with E-state index in [1.165, 1.54) is 6.42 Å². The van der Waals surface area contributed by atoms with Gasteiger partial charge in [0.1, 0.15) is 0 Å². The Labute approximate surface area is 116 Å². The van der Waals surface area contributed by atoms with Crippen LogP contribution in [0.3, 0.4) is 0 Å². The van der Waals surface area contributed by atoms with Gasteiger partial charge in [-0.2, -0.15) is 0 Å². The van der Waals surface area contributed by atoms with Crippen LogP contribution >= 0.6 is 0 Å². The molecule has 2 unspecified atom stereocenters. The van der Waals surface area contributed by atoms with Crippen LogP contribution in [0.2, 0.25) is 19.6 Å². The van der Waals surface area contributed by atoms with Gasteiger partial charge in [-0.05, 0) is 44.3 Å². The summed E-state index contributed by atoms with van der Waals surface area (Å²) in [6.07, 6.45) is 2.65. The third-order valence-corrected chi connectivity index (χ3v) is 4.07. The van der Waals surface area contributed by atoms with E-state index < -0.39 is 8.32 Å². The van der Waals surface area contributed by atoms with Crippen molar-refractivity contribution in [2.75, 3.05) is 13.7 Å². The van der Waals surface area contributed by atoms with Gasteiger partial charge < -0.3 is 9.16 Å². The number of rotatable bonds is 9. The zero-order valence-electron chi connectivity index (χ0n) is 13.7. The molecule has 0 fully saturated rings. The van der Waals surface area contributed by atoms with E-state index in [1.54, 1.807) is 0 Å². The van der Waals surface area contributed by atoms with Gasteiger partial charge in [-0.25, -0.2) is 0 Å². The molecule has 0 aliphatic heterocycles. The molecule has 0 aliphatic carbocycles. The number of ether oxygens (including phenoxy) is 1. The molecule has 0 rings (SSSR count). The maximum absolute atomic E-state index is 6.12. The predicted molar refractivity (Wildman–Crippen MR) is 82.5 cm³/mol. The van der Waals surface area contributed by atoms with Gasteiger partial charge in [-0.3, -0.25) is 0 Å². The van der Waals surface area contributed by atoms with E-state index in [0.29, 0.717) is 23.9 Å². The molecule has 0 aromatic carbocycles. The van der Waals surface area contributed by atoms with Gasteiger partial charge in [0.25, 0.3) is 0 Å². The van der Waals surface area contributed by atoms with Crippen molar-refractivity contribution in [3.05, 3.63) is 0 Å². The molecule has 0 spiro atoms. The average molecular weight is 275 g/mol. The van der Waals surface area contributed by atoms with Crippen LogP contribution in [0.4, 0.5) is 0 Å².